The summed E-state index contributed by atoms with van der Waals surface area (Å²) in [6.07, 6.45) is 10.5. The summed E-state index contributed by atoms with van der Waals surface area (Å²) < 4.78 is 0. The molecule has 2 unspecified atom stereocenters. The molecule has 1 saturated carbocycles. The minimum Gasteiger partial charge on any atom is -0.396 e. The molecule has 18 heavy (non-hydrogen) atoms. The van der Waals surface area contributed by atoms with Crippen LogP contribution < -0.4 is 5.32 Å². The number of rotatable bonds is 3. The van der Waals surface area contributed by atoms with Gasteiger partial charge < -0.3 is 10.4 Å². The summed E-state index contributed by atoms with van der Waals surface area (Å²) in [5.41, 5.74) is 0. The van der Waals surface area contributed by atoms with Gasteiger partial charge in [0.25, 0.3) is 0 Å². The molecule has 3 nitrogen and oxygen atoms in total. The van der Waals surface area contributed by atoms with E-state index in [2.05, 4.69) is 17.1 Å². The third-order valence-electron chi connectivity index (χ3n) is 4.76. The van der Waals surface area contributed by atoms with Gasteiger partial charge in [-0.3, -0.25) is 4.90 Å². The van der Waals surface area contributed by atoms with Crippen LogP contribution in [0.1, 0.15) is 58.3 Å². The zero-order valence-electron chi connectivity index (χ0n) is 11.9. The van der Waals surface area contributed by atoms with Gasteiger partial charge in [-0.2, -0.15) is 0 Å². The number of hydrogen-bond donors (Lipinski definition) is 2. The van der Waals surface area contributed by atoms with Gasteiger partial charge in [0.15, 0.2) is 0 Å². The van der Waals surface area contributed by atoms with Crippen molar-refractivity contribution in [3.8, 4) is 0 Å². The van der Waals surface area contributed by atoms with Crippen molar-refractivity contribution >= 4 is 0 Å². The van der Waals surface area contributed by atoms with Crippen LogP contribution >= 0.6 is 0 Å². The summed E-state index contributed by atoms with van der Waals surface area (Å²) in [4.78, 5) is 2.75. The molecule has 3 heteroatoms. The van der Waals surface area contributed by atoms with Gasteiger partial charge in [0.2, 0.25) is 0 Å². The maximum atomic E-state index is 9.31. The van der Waals surface area contributed by atoms with Gasteiger partial charge in [-0.25, -0.2) is 0 Å². The second-order valence-electron chi connectivity index (χ2n) is 6.10. The molecule has 0 amide bonds. The molecule has 2 atom stereocenters. The first-order valence-electron chi connectivity index (χ1n) is 7.92. The minimum atomic E-state index is 0.322. The molecule has 1 heterocycles. The third-order valence-corrected chi connectivity index (χ3v) is 4.76. The van der Waals surface area contributed by atoms with Gasteiger partial charge in [-0.15, -0.1) is 0 Å². The van der Waals surface area contributed by atoms with E-state index >= 15 is 0 Å². The average Bonchev–Trinajstić information content (AvgIpc) is 2.71. The molecule has 0 radical (unpaired) electrons. The van der Waals surface area contributed by atoms with Crippen LogP contribution in [-0.2, 0) is 0 Å². The van der Waals surface area contributed by atoms with Crippen LogP contribution in [0.2, 0.25) is 0 Å². The molecular weight excluding hydrogens is 224 g/mol. The topological polar surface area (TPSA) is 35.5 Å². The molecule has 2 rings (SSSR count). The maximum absolute atomic E-state index is 9.31. The number of nitrogens with zero attached hydrogens (tertiary/aromatic N) is 1. The fourth-order valence-electron chi connectivity index (χ4n) is 3.81. The molecule has 0 aromatic rings. The Morgan fingerprint density at radius 2 is 1.83 bits per heavy atom. The lowest BCUT2D eigenvalue weighted by Gasteiger charge is -2.40. The molecular formula is C15H30N2O. The van der Waals surface area contributed by atoms with Crippen molar-refractivity contribution in [1.82, 2.24) is 10.2 Å². The normalized spacial score (nSPS) is 33.0. The first-order chi connectivity index (χ1) is 8.83. The second-order valence-corrected chi connectivity index (χ2v) is 6.10. The number of aliphatic hydroxyl groups is 1. The monoisotopic (exact) mass is 254 g/mol. The van der Waals surface area contributed by atoms with Crippen LogP contribution in [0.25, 0.3) is 0 Å². The van der Waals surface area contributed by atoms with E-state index in [-0.39, 0.29) is 0 Å². The molecule has 0 bridgehead atoms. The van der Waals surface area contributed by atoms with Gasteiger partial charge in [-0.05, 0) is 39.2 Å². The fourth-order valence-corrected chi connectivity index (χ4v) is 3.81. The van der Waals surface area contributed by atoms with Crippen LogP contribution in [-0.4, -0.2) is 47.8 Å². The predicted octanol–water partition coefficient (Wildman–Crippen LogP) is 2.14. The number of nitrogens with one attached hydrogen (secondary N) is 1. The first-order valence-corrected chi connectivity index (χ1v) is 7.92. The van der Waals surface area contributed by atoms with Gasteiger partial charge in [-0.1, -0.05) is 25.7 Å². The highest BCUT2D eigenvalue weighted by Crippen LogP contribution is 2.27. The standard InChI is InChI=1S/C15H30N2O/c1-13-8-10-16-12-15(9-11-18)17(13)14-6-4-2-3-5-7-14/h13-16,18H,2-12H2,1H3. The zero-order valence-corrected chi connectivity index (χ0v) is 11.9. The average molecular weight is 254 g/mol. The smallest absolute Gasteiger partial charge is 0.0446 e. The highest BCUT2D eigenvalue weighted by atomic mass is 16.3. The largest absolute Gasteiger partial charge is 0.396 e. The van der Waals surface area contributed by atoms with E-state index in [1.807, 2.05) is 0 Å². The van der Waals surface area contributed by atoms with Gasteiger partial charge in [0.05, 0.1) is 0 Å². The summed E-state index contributed by atoms with van der Waals surface area (Å²) in [7, 11) is 0. The van der Waals surface area contributed by atoms with Crippen LogP contribution in [0.5, 0.6) is 0 Å². The molecule has 0 aromatic heterocycles. The van der Waals surface area contributed by atoms with E-state index in [0.717, 1.165) is 25.6 Å². The van der Waals surface area contributed by atoms with Crippen molar-refractivity contribution in [2.75, 3.05) is 19.7 Å². The van der Waals surface area contributed by atoms with E-state index in [4.69, 9.17) is 0 Å². The predicted molar refractivity (Wildman–Crippen MR) is 75.8 cm³/mol. The molecule has 2 aliphatic rings. The Balaban J connectivity index is 2.05. The Bertz CT molecular complexity index is 227. The van der Waals surface area contributed by atoms with Crippen molar-refractivity contribution in [2.24, 2.45) is 0 Å². The van der Waals surface area contributed by atoms with E-state index in [0.29, 0.717) is 18.7 Å². The summed E-state index contributed by atoms with van der Waals surface area (Å²) in [6, 6.07) is 1.97. The lowest BCUT2D eigenvalue weighted by molar-refractivity contribution is 0.0691. The van der Waals surface area contributed by atoms with Crippen molar-refractivity contribution in [3.63, 3.8) is 0 Å². The molecule has 0 aromatic carbocycles. The molecule has 2 N–H and O–H groups in total. The van der Waals surface area contributed by atoms with Crippen LogP contribution in [0, 0.1) is 0 Å². The van der Waals surface area contributed by atoms with Gasteiger partial charge in [0.1, 0.15) is 0 Å². The molecule has 2 fully saturated rings. The van der Waals surface area contributed by atoms with E-state index in [1.165, 1.54) is 44.9 Å². The lowest BCUT2D eigenvalue weighted by atomic mass is 10.00. The van der Waals surface area contributed by atoms with Crippen LogP contribution in [0.3, 0.4) is 0 Å². The summed E-state index contributed by atoms with van der Waals surface area (Å²) in [5, 5.41) is 12.9. The molecule has 1 saturated heterocycles. The Kier molecular flexibility index (Phi) is 5.93. The van der Waals surface area contributed by atoms with Crippen LogP contribution in [0.15, 0.2) is 0 Å². The van der Waals surface area contributed by atoms with Crippen molar-refractivity contribution in [1.29, 1.82) is 0 Å². The van der Waals surface area contributed by atoms with Gasteiger partial charge >= 0.3 is 0 Å². The molecule has 106 valence electrons. The van der Waals surface area contributed by atoms with Crippen molar-refractivity contribution < 1.29 is 5.11 Å². The highest BCUT2D eigenvalue weighted by molar-refractivity contribution is 4.88. The first kappa shape index (κ1) is 14.3. The zero-order chi connectivity index (χ0) is 12.8. The van der Waals surface area contributed by atoms with Gasteiger partial charge in [0, 0.05) is 31.3 Å². The second kappa shape index (κ2) is 7.46. The molecule has 1 aliphatic carbocycles. The minimum absolute atomic E-state index is 0.322. The summed E-state index contributed by atoms with van der Waals surface area (Å²) >= 11 is 0. The highest BCUT2D eigenvalue weighted by Gasteiger charge is 2.31. The quantitative estimate of drug-likeness (QED) is 0.758. The van der Waals surface area contributed by atoms with Crippen molar-refractivity contribution in [2.45, 2.75) is 76.4 Å². The van der Waals surface area contributed by atoms with Crippen molar-refractivity contribution in [3.05, 3.63) is 0 Å². The van der Waals surface area contributed by atoms with E-state index in [9.17, 15) is 5.11 Å². The Morgan fingerprint density at radius 1 is 1.11 bits per heavy atom. The summed E-state index contributed by atoms with van der Waals surface area (Å²) in [6.45, 7) is 4.89. The third kappa shape index (κ3) is 3.69. The lowest BCUT2D eigenvalue weighted by Crippen LogP contribution is -2.50. The molecule has 0 spiro atoms. The Labute approximate surface area is 112 Å². The Hall–Kier alpha value is -0.120. The van der Waals surface area contributed by atoms with Crippen LogP contribution in [0.4, 0.5) is 0 Å². The Morgan fingerprint density at radius 3 is 2.50 bits per heavy atom. The fraction of sp³-hybridized carbons (Fsp3) is 1.00. The number of aliphatic hydroxyl groups excluding tert-OH is 1. The SMILES string of the molecule is CC1CCNCC(CCO)N1C1CCCCCC1. The number of hydrogen-bond acceptors (Lipinski definition) is 3. The van der Waals surface area contributed by atoms with E-state index in [1.54, 1.807) is 0 Å². The van der Waals surface area contributed by atoms with E-state index < -0.39 is 0 Å². The summed E-state index contributed by atoms with van der Waals surface area (Å²) in [5.74, 6) is 0. The molecule has 1 aliphatic heterocycles. The maximum Gasteiger partial charge on any atom is 0.0446 e.